The van der Waals surface area contributed by atoms with E-state index in [-0.39, 0.29) is 5.41 Å². The fourth-order valence-electron chi connectivity index (χ4n) is 1.52. The molecule has 0 aromatic heterocycles. The number of carbonyl (C=O) groups excluding carboxylic acids is 1. The summed E-state index contributed by atoms with van der Waals surface area (Å²) in [4.78, 5) is 10.9. The molecule has 0 aromatic carbocycles. The van der Waals surface area contributed by atoms with Gasteiger partial charge in [-0.2, -0.15) is 5.26 Å². The van der Waals surface area contributed by atoms with E-state index >= 15 is 0 Å². The molecule has 0 N–H and O–H groups in total. The first kappa shape index (κ1) is 8.26. The number of nitriles is 1. The molecule has 1 atom stereocenters. The number of ketones is 1. The molecule has 1 aliphatic carbocycles. The van der Waals surface area contributed by atoms with E-state index in [4.69, 9.17) is 5.26 Å². The third-order valence-corrected chi connectivity index (χ3v) is 2.55. The second-order valence-corrected chi connectivity index (χ2v) is 3.81. The number of nitrogens with zero attached hydrogens (tertiary/aromatic N) is 1. The lowest BCUT2D eigenvalue weighted by Gasteiger charge is -2.22. The highest BCUT2D eigenvalue weighted by Crippen LogP contribution is 2.37. The van der Waals surface area contributed by atoms with Crippen molar-refractivity contribution in [2.45, 2.75) is 33.1 Å². The number of carbonyl (C=O) groups is 1. The zero-order chi connectivity index (χ0) is 8.48. The van der Waals surface area contributed by atoms with Crippen molar-refractivity contribution in [2.24, 2.45) is 11.3 Å². The molecule has 2 nitrogen and oxygen atoms in total. The molecule has 1 rings (SSSR count). The molecule has 1 saturated carbocycles. The summed E-state index contributed by atoms with van der Waals surface area (Å²) in [6.07, 6.45) is 2.19. The number of hydrogen-bond donors (Lipinski definition) is 0. The van der Waals surface area contributed by atoms with E-state index in [1.807, 2.05) is 13.8 Å². The largest absolute Gasteiger partial charge is 0.300 e. The van der Waals surface area contributed by atoms with Crippen molar-refractivity contribution in [2.75, 3.05) is 0 Å². The predicted molar refractivity (Wildman–Crippen MR) is 41.7 cm³/mol. The Morgan fingerprint density at radius 2 is 2.27 bits per heavy atom. The molecule has 0 heterocycles. The van der Waals surface area contributed by atoms with Crippen LogP contribution in [0.2, 0.25) is 0 Å². The van der Waals surface area contributed by atoms with Crippen molar-refractivity contribution < 1.29 is 4.79 Å². The molecular formula is C9H13NO. The van der Waals surface area contributed by atoms with Crippen molar-refractivity contribution in [1.82, 2.24) is 0 Å². The number of rotatable bonds is 1. The zero-order valence-corrected chi connectivity index (χ0v) is 7.05. The van der Waals surface area contributed by atoms with Crippen LogP contribution in [0, 0.1) is 22.7 Å². The van der Waals surface area contributed by atoms with Crippen molar-refractivity contribution in [1.29, 1.82) is 5.26 Å². The molecule has 1 fully saturated rings. The van der Waals surface area contributed by atoms with Gasteiger partial charge in [-0.1, -0.05) is 0 Å². The van der Waals surface area contributed by atoms with E-state index in [9.17, 15) is 4.79 Å². The van der Waals surface area contributed by atoms with Gasteiger partial charge in [0, 0.05) is 12.8 Å². The van der Waals surface area contributed by atoms with E-state index in [0.717, 1.165) is 6.42 Å². The standard InChI is InChI=1S/C9H13NO/c1-9(2,6-10)7-3-4-8(11)5-7/h7H,3-5H2,1-2H3. The van der Waals surface area contributed by atoms with Crippen LogP contribution in [0.1, 0.15) is 33.1 Å². The van der Waals surface area contributed by atoms with Gasteiger partial charge in [-0.05, 0) is 26.2 Å². The van der Waals surface area contributed by atoms with E-state index in [1.54, 1.807) is 0 Å². The summed E-state index contributed by atoms with van der Waals surface area (Å²) in [5, 5.41) is 8.78. The van der Waals surface area contributed by atoms with Gasteiger partial charge >= 0.3 is 0 Å². The lowest BCUT2D eigenvalue weighted by Crippen LogP contribution is -2.19. The molecule has 1 aliphatic rings. The fraction of sp³-hybridized carbons (Fsp3) is 0.778. The van der Waals surface area contributed by atoms with E-state index in [0.29, 0.717) is 24.5 Å². The maximum Gasteiger partial charge on any atom is 0.133 e. The Kier molecular flexibility index (Phi) is 1.99. The van der Waals surface area contributed by atoms with E-state index in [2.05, 4.69) is 6.07 Å². The van der Waals surface area contributed by atoms with Gasteiger partial charge in [-0.15, -0.1) is 0 Å². The lowest BCUT2D eigenvalue weighted by atomic mass is 9.79. The highest BCUT2D eigenvalue weighted by Gasteiger charge is 2.35. The molecule has 0 spiro atoms. The van der Waals surface area contributed by atoms with Crippen LogP contribution in [0.3, 0.4) is 0 Å². The van der Waals surface area contributed by atoms with Gasteiger partial charge in [0.05, 0.1) is 11.5 Å². The van der Waals surface area contributed by atoms with Gasteiger partial charge < -0.3 is 0 Å². The summed E-state index contributed by atoms with van der Waals surface area (Å²) in [7, 11) is 0. The third kappa shape index (κ3) is 1.59. The second kappa shape index (κ2) is 2.65. The van der Waals surface area contributed by atoms with Crippen LogP contribution in [0.4, 0.5) is 0 Å². The monoisotopic (exact) mass is 151 g/mol. The van der Waals surface area contributed by atoms with Crippen molar-refractivity contribution >= 4 is 5.78 Å². The van der Waals surface area contributed by atoms with Gasteiger partial charge in [-0.3, -0.25) is 4.79 Å². The van der Waals surface area contributed by atoms with Crippen molar-refractivity contribution in [3.63, 3.8) is 0 Å². The van der Waals surface area contributed by atoms with Crippen LogP contribution in [-0.2, 0) is 4.79 Å². The number of hydrogen-bond acceptors (Lipinski definition) is 2. The Hall–Kier alpha value is -0.840. The quantitative estimate of drug-likeness (QED) is 0.574. The minimum atomic E-state index is -0.313. The zero-order valence-electron chi connectivity index (χ0n) is 7.05. The molecule has 0 radical (unpaired) electrons. The highest BCUT2D eigenvalue weighted by molar-refractivity contribution is 5.80. The summed E-state index contributed by atoms with van der Waals surface area (Å²) in [5.74, 6) is 0.610. The fourth-order valence-corrected chi connectivity index (χ4v) is 1.52. The SMILES string of the molecule is CC(C)(C#N)C1CCC(=O)C1. The molecule has 0 aromatic rings. The molecule has 11 heavy (non-hydrogen) atoms. The summed E-state index contributed by atoms with van der Waals surface area (Å²) in [6, 6.07) is 2.25. The smallest absolute Gasteiger partial charge is 0.133 e. The van der Waals surface area contributed by atoms with Gasteiger partial charge in [0.25, 0.3) is 0 Å². The first-order valence-electron chi connectivity index (χ1n) is 3.99. The highest BCUT2D eigenvalue weighted by atomic mass is 16.1. The van der Waals surface area contributed by atoms with Gasteiger partial charge in [0.1, 0.15) is 5.78 Å². The van der Waals surface area contributed by atoms with Gasteiger partial charge in [0.2, 0.25) is 0 Å². The molecule has 60 valence electrons. The minimum Gasteiger partial charge on any atom is -0.300 e. The minimum absolute atomic E-state index is 0.292. The van der Waals surface area contributed by atoms with Crippen LogP contribution < -0.4 is 0 Å². The molecular weight excluding hydrogens is 138 g/mol. The normalized spacial score (nSPS) is 25.2. The second-order valence-electron chi connectivity index (χ2n) is 3.81. The van der Waals surface area contributed by atoms with Crippen molar-refractivity contribution in [3.05, 3.63) is 0 Å². The van der Waals surface area contributed by atoms with Crippen LogP contribution in [0.5, 0.6) is 0 Å². The molecule has 2 heteroatoms. The van der Waals surface area contributed by atoms with E-state index < -0.39 is 0 Å². The first-order chi connectivity index (χ1) is 5.06. The van der Waals surface area contributed by atoms with Crippen LogP contribution >= 0.6 is 0 Å². The average molecular weight is 151 g/mol. The molecule has 0 aliphatic heterocycles. The lowest BCUT2D eigenvalue weighted by molar-refractivity contribution is -0.117. The van der Waals surface area contributed by atoms with Gasteiger partial charge in [0.15, 0.2) is 0 Å². The van der Waals surface area contributed by atoms with Crippen LogP contribution in [0.15, 0.2) is 0 Å². The van der Waals surface area contributed by atoms with Crippen LogP contribution in [0.25, 0.3) is 0 Å². The van der Waals surface area contributed by atoms with Gasteiger partial charge in [-0.25, -0.2) is 0 Å². The summed E-state index contributed by atoms with van der Waals surface area (Å²) >= 11 is 0. The molecule has 0 bridgehead atoms. The third-order valence-electron chi connectivity index (χ3n) is 2.55. The summed E-state index contributed by atoms with van der Waals surface area (Å²) in [5.41, 5.74) is -0.313. The first-order valence-corrected chi connectivity index (χ1v) is 3.99. The maximum atomic E-state index is 10.9. The predicted octanol–water partition coefficient (Wildman–Crippen LogP) is 1.91. The maximum absolute atomic E-state index is 10.9. The Bertz CT molecular complexity index is 212. The summed E-state index contributed by atoms with van der Waals surface area (Å²) in [6.45, 7) is 3.83. The summed E-state index contributed by atoms with van der Waals surface area (Å²) < 4.78 is 0. The average Bonchev–Trinajstić information content (AvgIpc) is 2.36. The Morgan fingerprint density at radius 1 is 1.64 bits per heavy atom. The topological polar surface area (TPSA) is 40.9 Å². The number of Topliss-reactive ketones (excluding diaryl/α,β-unsaturated/α-hetero) is 1. The van der Waals surface area contributed by atoms with Crippen molar-refractivity contribution in [3.8, 4) is 6.07 Å². The Morgan fingerprint density at radius 3 is 2.64 bits per heavy atom. The van der Waals surface area contributed by atoms with Crippen LogP contribution in [-0.4, -0.2) is 5.78 Å². The Labute approximate surface area is 67.2 Å². The molecule has 0 saturated heterocycles. The Balaban J connectivity index is 2.64. The molecule has 1 unspecified atom stereocenters. The molecule has 0 amide bonds. The van der Waals surface area contributed by atoms with E-state index in [1.165, 1.54) is 0 Å².